The van der Waals surface area contributed by atoms with Crippen LogP contribution in [0.4, 0.5) is 0 Å². The number of rotatable bonds is 6. The molecule has 1 amide bonds. The molecule has 18 heavy (non-hydrogen) atoms. The molecule has 0 unspecified atom stereocenters. The minimum Gasteiger partial charge on any atom is -0.395 e. The van der Waals surface area contributed by atoms with Crippen LogP contribution in [0.3, 0.4) is 0 Å². The number of carbonyl (C=O) groups excluding carboxylic acids is 1. The minimum absolute atomic E-state index is 0.0230. The van der Waals surface area contributed by atoms with Gasteiger partial charge in [0.05, 0.1) is 12.3 Å². The zero-order valence-corrected chi connectivity index (χ0v) is 11.7. The molecular weight excluding hydrogens is 230 g/mol. The summed E-state index contributed by atoms with van der Waals surface area (Å²) in [5.41, 5.74) is 1.53. The van der Waals surface area contributed by atoms with E-state index in [4.69, 9.17) is 5.11 Å². The topological polar surface area (TPSA) is 58.4 Å². The molecule has 0 saturated heterocycles. The monoisotopic (exact) mass is 253 g/mol. The van der Waals surface area contributed by atoms with Gasteiger partial charge in [-0.2, -0.15) is 5.10 Å². The third-order valence-corrected chi connectivity index (χ3v) is 2.94. The molecule has 0 aliphatic rings. The second kappa shape index (κ2) is 6.54. The third kappa shape index (κ3) is 3.10. The van der Waals surface area contributed by atoms with Gasteiger partial charge in [0.2, 0.25) is 0 Å². The van der Waals surface area contributed by atoms with Crippen molar-refractivity contribution in [2.45, 2.75) is 46.7 Å². The number of aliphatic hydroxyl groups is 1. The van der Waals surface area contributed by atoms with E-state index >= 15 is 0 Å². The Balaban J connectivity index is 3.03. The average molecular weight is 253 g/mol. The van der Waals surface area contributed by atoms with Crippen LogP contribution in [0.15, 0.2) is 6.07 Å². The van der Waals surface area contributed by atoms with Gasteiger partial charge in [-0.05, 0) is 33.3 Å². The van der Waals surface area contributed by atoms with Gasteiger partial charge in [0.1, 0.15) is 5.69 Å². The van der Waals surface area contributed by atoms with Crippen LogP contribution in [0, 0.1) is 0 Å². The molecule has 1 aromatic rings. The zero-order chi connectivity index (χ0) is 13.7. The number of aryl methyl sites for hydroxylation is 2. The summed E-state index contributed by atoms with van der Waals surface area (Å²) in [6.45, 7) is 8.88. The lowest BCUT2D eigenvalue weighted by Gasteiger charge is -2.25. The largest absolute Gasteiger partial charge is 0.395 e. The second-order valence-corrected chi connectivity index (χ2v) is 4.51. The van der Waals surface area contributed by atoms with Crippen molar-refractivity contribution >= 4 is 5.91 Å². The van der Waals surface area contributed by atoms with E-state index in [0.29, 0.717) is 18.8 Å². The smallest absolute Gasteiger partial charge is 0.272 e. The van der Waals surface area contributed by atoms with Gasteiger partial charge in [-0.15, -0.1) is 0 Å². The van der Waals surface area contributed by atoms with Crippen molar-refractivity contribution in [1.29, 1.82) is 0 Å². The van der Waals surface area contributed by atoms with E-state index in [-0.39, 0.29) is 18.6 Å². The molecule has 1 aromatic heterocycles. The van der Waals surface area contributed by atoms with Crippen molar-refractivity contribution in [3.05, 3.63) is 17.5 Å². The Morgan fingerprint density at radius 2 is 2.17 bits per heavy atom. The van der Waals surface area contributed by atoms with Crippen LogP contribution >= 0.6 is 0 Å². The first-order valence-electron chi connectivity index (χ1n) is 6.53. The van der Waals surface area contributed by atoms with Gasteiger partial charge in [-0.25, -0.2) is 0 Å². The summed E-state index contributed by atoms with van der Waals surface area (Å²) in [4.78, 5) is 14.1. The summed E-state index contributed by atoms with van der Waals surface area (Å²) in [6.07, 6.45) is 0.814. The number of aliphatic hydroxyl groups excluding tert-OH is 1. The zero-order valence-electron chi connectivity index (χ0n) is 11.7. The van der Waals surface area contributed by atoms with E-state index in [2.05, 4.69) is 5.10 Å². The lowest BCUT2D eigenvalue weighted by atomic mass is 10.2. The van der Waals surface area contributed by atoms with Gasteiger partial charge in [-0.3, -0.25) is 9.48 Å². The Morgan fingerprint density at radius 1 is 1.50 bits per heavy atom. The van der Waals surface area contributed by atoms with Crippen LogP contribution in [0.1, 0.15) is 43.9 Å². The van der Waals surface area contributed by atoms with Crippen LogP contribution in [-0.4, -0.2) is 44.9 Å². The van der Waals surface area contributed by atoms with E-state index < -0.39 is 0 Å². The Bertz CT molecular complexity index is 399. The number of carbonyl (C=O) groups is 1. The lowest BCUT2D eigenvalue weighted by molar-refractivity contribution is 0.0653. The summed E-state index contributed by atoms with van der Waals surface area (Å²) in [5, 5.41) is 13.4. The highest BCUT2D eigenvalue weighted by atomic mass is 16.3. The second-order valence-electron chi connectivity index (χ2n) is 4.51. The maximum atomic E-state index is 12.4. The Morgan fingerprint density at radius 3 is 2.61 bits per heavy atom. The predicted octanol–water partition coefficient (Wildman–Crippen LogP) is 1.31. The molecule has 0 aliphatic carbocycles. The van der Waals surface area contributed by atoms with Crippen molar-refractivity contribution in [1.82, 2.24) is 14.7 Å². The number of aromatic nitrogens is 2. The van der Waals surface area contributed by atoms with E-state index in [9.17, 15) is 4.79 Å². The first kappa shape index (κ1) is 14.7. The molecule has 0 aromatic carbocycles. The maximum Gasteiger partial charge on any atom is 0.272 e. The van der Waals surface area contributed by atoms with Gasteiger partial charge in [0.25, 0.3) is 5.91 Å². The maximum absolute atomic E-state index is 12.4. The van der Waals surface area contributed by atoms with E-state index in [1.165, 1.54) is 0 Å². The molecule has 0 fully saturated rings. The summed E-state index contributed by atoms with van der Waals surface area (Å²) >= 11 is 0. The van der Waals surface area contributed by atoms with Crippen LogP contribution in [-0.2, 0) is 13.0 Å². The molecule has 5 nitrogen and oxygen atoms in total. The van der Waals surface area contributed by atoms with Crippen LogP contribution < -0.4 is 0 Å². The van der Waals surface area contributed by atoms with E-state index in [0.717, 1.165) is 12.1 Å². The number of hydrogen-bond acceptors (Lipinski definition) is 3. The molecule has 102 valence electrons. The molecule has 1 N–H and O–H groups in total. The predicted molar refractivity (Wildman–Crippen MR) is 70.5 cm³/mol. The van der Waals surface area contributed by atoms with Crippen molar-refractivity contribution in [3.63, 3.8) is 0 Å². The summed E-state index contributed by atoms with van der Waals surface area (Å²) < 4.78 is 1.73. The Kier molecular flexibility index (Phi) is 5.34. The van der Waals surface area contributed by atoms with Crippen LogP contribution in [0.25, 0.3) is 0 Å². The number of amides is 1. The average Bonchev–Trinajstić information content (AvgIpc) is 2.78. The molecule has 0 spiro atoms. The van der Waals surface area contributed by atoms with Crippen LogP contribution in [0.2, 0.25) is 0 Å². The standard InChI is InChI=1S/C13H23N3O2/c1-5-11-9-12(16(6-2)14-11)13(18)15(7-8-17)10(3)4/h9-10,17H,5-8H2,1-4H3. The fraction of sp³-hybridized carbons (Fsp3) is 0.692. The summed E-state index contributed by atoms with van der Waals surface area (Å²) in [5.74, 6) is -0.0619. The van der Waals surface area contributed by atoms with Gasteiger partial charge < -0.3 is 10.0 Å². The fourth-order valence-corrected chi connectivity index (χ4v) is 1.91. The van der Waals surface area contributed by atoms with Crippen molar-refractivity contribution in [2.75, 3.05) is 13.2 Å². The van der Waals surface area contributed by atoms with Crippen molar-refractivity contribution in [2.24, 2.45) is 0 Å². The van der Waals surface area contributed by atoms with E-state index in [1.54, 1.807) is 9.58 Å². The number of nitrogens with zero attached hydrogens (tertiary/aromatic N) is 3. The Labute approximate surface area is 108 Å². The first-order chi connectivity index (χ1) is 8.54. The molecule has 0 radical (unpaired) electrons. The molecule has 0 bridgehead atoms. The molecule has 0 aliphatic heterocycles. The SMILES string of the molecule is CCc1cc(C(=O)N(CCO)C(C)C)n(CC)n1. The lowest BCUT2D eigenvalue weighted by Crippen LogP contribution is -2.40. The van der Waals surface area contributed by atoms with Crippen LogP contribution in [0.5, 0.6) is 0 Å². The summed E-state index contributed by atoms with van der Waals surface area (Å²) in [7, 11) is 0. The highest BCUT2D eigenvalue weighted by Crippen LogP contribution is 2.11. The Hall–Kier alpha value is -1.36. The molecule has 0 saturated carbocycles. The van der Waals surface area contributed by atoms with Gasteiger partial charge >= 0.3 is 0 Å². The molecule has 1 heterocycles. The minimum atomic E-state index is -0.0619. The van der Waals surface area contributed by atoms with Crippen molar-refractivity contribution < 1.29 is 9.90 Å². The normalized spacial score (nSPS) is 11.0. The molecular formula is C13H23N3O2. The molecule has 0 atom stereocenters. The van der Waals surface area contributed by atoms with Gasteiger partial charge in [0, 0.05) is 19.1 Å². The highest BCUT2D eigenvalue weighted by molar-refractivity contribution is 5.93. The van der Waals surface area contributed by atoms with Gasteiger partial charge in [-0.1, -0.05) is 6.92 Å². The summed E-state index contributed by atoms with van der Waals surface area (Å²) in [6, 6.07) is 1.91. The quantitative estimate of drug-likeness (QED) is 0.831. The molecule has 5 heteroatoms. The van der Waals surface area contributed by atoms with Crippen molar-refractivity contribution in [3.8, 4) is 0 Å². The number of hydrogen-bond donors (Lipinski definition) is 1. The fourth-order valence-electron chi connectivity index (χ4n) is 1.91. The molecule has 1 rings (SSSR count). The first-order valence-corrected chi connectivity index (χ1v) is 6.53. The van der Waals surface area contributed by atoms with E-state index in [1.807, 2.05) is 33.8 Å². The third-order valence-electron chi connectivity index (χ3n) is 2.94. The van der Waals surface area contributed by atoms with Gasteiger partial charge in [0.15, 0.2) is 0 Å². The highest BCUT2D eigenvalue weighted by Gasteiger charge is 2.22.